The second-order valence-electron chi connectivity index (χ2n) is 24.7. The maximum atomic E-state index is 13.9. The summed E-state index contributed by atoms with van der Waals surface area (Å²) in [7, 11) is 0. The van der Waals surface area contributed by atoms with E-state index in [4.69, 9.17) is 28.4 Å². The summed E-state index contributed by atoms with van der Waals surface area (Å²) in [5, 5.41) is 20.8. The number of amides is 2. The van der Waals surface area contributed by atoms with Crippen molar-refractivity contribution in [3.05, 3.63) is 71.1 Å². The zero-order valence-electron chi connectivity index (χ0n) is 42.9. The number of hydrogen-bond acceptors (Lipinski definition) is 13. The van der Waals surface area contributed by atoms with Crippen molar-refractivity contribution in [1.29, 1.82) is 0 Å². The van der Waals surface area contributed by atoms with Gasteiger partial charge in [0.1, 0.15) is 41.9 Å². The second-order valence-corrected chi connectivity index (χ2v) is 25.9. The number of imide groups is 1. The number of thioether (sulfide) groups is 1. The molecule has 5 aliphatic heterocycles. The molecule has 5 heterocycles. The number of esters is 2. The number of aliphatic hydroxyl groups excluding tert-OH is 2. The fourth-order valence-corrected chi connectivity index (χ4v) is 17.6. The summed E-state index contributed by atoms with van der Waals surface area (Å²) >= 11 is 1.09. The SMILES string of the molecule is C=C1OCC2=C1CC[C@@]1(C)[C@H]2C[C@@H]2O[C@@]23[C@H](OC(=O)CCCN2C(=O)CC(SCC(=O)O[C@@H]4C/C(=C/C=C5\CCC[C@@]6(C)C5CCC6[C@@H](C)/C=C/C(O)C5CC5)C(=C)[C@@H](O)C4)C2=O)[C@@]2(C(C)C)O[C@H]2[C@@H]2O[C@@]231. The molecule has 10 fully saturated rings. The van der Waals surface area contributed by atoms with E-state index in [1.807, 2.05) is 6.08 Å². The van der Waals surface area contributed by atoms with Crippen LogP contribution in [0.25, 0.3) is 0 Å². The fraction of sp³-hybridized carbons (Fsp3) is 0.724. The average Bonchev–Trinajstić information content (AvgIpc) is 4.20. The summed E-state index contributed by atoms with van der Waals surface area (Å²) in [5.41, 5.74) is 3.26. The first-order valence-electron chi connectivity index (χ1n) is 27.4. The van der Waals surface area contributed by atoms with E-state index in [1.54, 1.807) is 0 Å². The lowest BCUT2D eigenvalue weighted by Crippen LogP contribution is -2.70. The van der Waals surface area contributed by atoms with Crippen molar-refractivity contribution in [2.45, 2.75) is 196 Å². The molecule has 12 aliphatic rings. The van der Waals surface area contributed by atoms with Crippen molar-refractivity contribution in [3.63, 3.8) is 0 Å². The van der Waals surface area contributed by atoms with Gasteiger partial charge in [-0.2, -0.15) is 0 Å². The van der Waals surface area contributed by atoms with Crippen LogP contribution in [-0.2, 0) is 47.6 Å². The number of carbonyl (C=O) groups excluding carboxylic acids is 4. The Balaban J connectivity index is 0.628. The van der Waals surface area contributed by atoms with Crippen molar-refractivity contribution in [3.8, 4) is 0 Å². The van der Waals surface area contributed by atoms with Gasteiger partial charge in [0.2, 0.25) is 11.8 Å². The van der Waals surface area contributed by atoms with E-state index < -0.39 is 52.3 Å². The molecule has 0 aromatic heterocycles. The minimum Gasteiger partial charge on any atom is -0.490 e. The van der Waals surface area contributed by atoms with Crippen molar-refractivity contribution in [1.82, 2.24) is 4.90 Å². The van der Waals surface area contributed by atoms with E-state index >= 15 is 0 Å². The monoisotopic (exact) mass is 1010 g/mol. The third-order valence-electron chi connectivity index (χ3n) is 20.8. The first kappa shape index (κ1) is 49.4. The highest BCUT2D eigenvalue weighted by atomic mass is 32.2. The number of likely N-dealkylation sites (tertiary alicyclic amines) is 1. The minimum absolute atomic E-state index is 0.00160. The van der Waals surface area contributed by atoms with Crippen molar-refractivity contribution in [2.24, 2.45) is 46.3 Å². The zero-order chi connectivity index (χ0) is 50.4. The summed E-state index contributed by atoms with van der Waals surface area (Å²) in [4.78, 5) is 55.2. The summed E-state index contributed by atoms with van der Waals surface area (Å²) in [6, 6.07) is 0. The van der Waals surface area contributed by atoms with Crippen LogP contribution in [0, 0.1) is 46.3 Å². The molecule has 4 unspecified atom stereocenters. The van der Waals surface area contributed by atoms with Crippen LogP contribution in [-0.4, -0.2) is 123 Å². The van der Waals surface area contributed by atoms with Gasteiger partial charge in [-0.3, -0.25) is 24.1 Å². The van der Waals surface area contributed by atoms with E-state index in [1.165, 1.54) is 28.0 Å². The Morgan fingerprint density at radius 1 is 0.931 bits per heavy atom. The van der Waals surface area contributed by atoms with Gasteiger partial charge in [-0.1, -0.05) is 77.7 Å². The standard InChI is InChI=1S/C58H75NO12S/c1-30(2)56-50(70-56)51-58(71-51)55(7)22-20-38-33(5)66-28-39(38)42(55)26-46-57(58,69-46)53(56)68-48(63)11-9-23-59-47(62)27-45(52(59)65)72-29-49(64)67-37-24-36(32(4)44(61)25-37)16-13-34-10-8-21-54(6)40(17-18-41(34)54)31(3)12-19-43(60)35-14-15-35/h12-13,16,19,30-31,35,37,40-46,50-51,53,60-61H,4-5,8-11,14-15,17-18,20-29H2,1-3,6-7H3/b19-12+,34-13+,36-16-/t31-,37+,40?,41?,42-,43?,44-,45?,46-,50-,51-,53+,54+,55-,56-,57+,58+/m0/s1. The highest BCUT2D eigenvalue weighted by molar-refractivity contribution is 8.01. The Kier molecular flexibility index (Phi) is 12.0. The maximum absolute atomic E-state index is 13.9. The minimum atomic E-state index is -0.844. The van der Waals surface area contributed by atoms with Crippen LogP contribution >= 0.6 is 11.8 Å². The molecule has 2 N–H and O–H groups in total. The molecule has 0 aromatic rings. The summed E-state index contributed by atoms with van der Waals surface area (Å²) in [6.07, 6.45) is 17.1. The van der Waals surface area contributed by atoms with E-state index in [2.05, 4.69) is 66.0 Å². The number of epoxide rings is 3. The summed E-state index contributed by atoms with van der Waals surface area (Å²) in [5.74, 6) is 1.14. The van der Waals surface area contributed by atoms with Gasteiger partial charge in [0.05, 0.1) is 29.3 Å². The lowest BCUT2D eigenvalue weighted by atomic mass is 9.46. The van der Waals surface area contributed by atoms with Crippen LogP contribution in [0.3, 0.4) is 0 Å². The van der Waals surface area contributed by atoms with E-state index in [0.717, 1.165) is 80.9 Å². The lowest BCUT2D eigenvalue weighted by Gasteiger charge is -2.53. The highest BCUT2D eigenvalue weighted by Gasteiger charge is 3.01. The van der Waals surface area contributed by atoms with Gasteiger partial charge in [0.15, 0.2) is 11.7 Å². The average molecular weight is 1010 g/mol. The number of allylic oxidation sites excluding steroid dienone is 5. The van der Waals surface area contributed by atoms with Gasteiger partial charge < -0.3 is 38.6 Å². The third-order valence-corrected chi connectivity index (χ3v) is 21.9. The Morgan fingerprint density at radius 2 is 1.74 bits per heavy atom. The number of carbonyl (C=O) groups is 4. The van der Waals surface area contributed by atoms with Gasteiger partial charge in [0, 0.05) is 37.6 Å². The third kappa shape index (κ3) is 7.38. The zero-order valence-corrected chi connectivity index (χ0v) is 43.7. The molecule has 12 rings (SSSR count). The first-order chi connectivity index (χ1) is 34.4. The Morgan fingerprint density at radius 3 is 2.51 bits per heavy atom. The van der Waals surface area contributed by atoms with Crippen LogP contribution in [0.5, 0.6) is 0 Å². The Labute approximate surface area is 428 Å². The van der Waals surface area contributed by atoms with Crippen LogP contribution in [0.4, 0.5) is 0 Å². The van der Waals surface area contributed by atoms with Crippen molar-refractivity contribution < 1.29 is 57.8 Å². The second kappa shape index (κ2) is 17.5. The predicted octanol–water partition coefficient (Wildman–Crippen LogP) is 7.94. The van der Waals surface area contributed by atoms with Gasteiger partial charge in [-0.05, 0) is 134 Å². The quantitative estimate of drug-likeness (QED) is 0.0701. The number of rotatable bonds is 15. The molecule has 7 aliphatic carbocycles. The van der Waals surface area contributed by atoms with Gasteiger partial charge in [-0.15, -0.1) is 11.8 Å². The van der Waals surface area contributed by atoms with Crippen LogP contribution < -0.4 is 0 Å². The van der Waals surface area contributed by atoms with Crippen LogP contribution in [0.15, 0.2) is 71.1 Å². The van der Waals surface area contributed by atoms with Crippen LogP contribution in [0.2, 0.25) is 0 Å². The van der Waals surface area contributed by atoms with Crippen LogP contribution in [0.1, 0.15) is 131 Å². The molecule has 6 saturated carbocycles. The van der Waals surface area contributed by atoms with Gasteiger partial charge >= 0.3 is 11.9 Å². The molecule has 72 heavy (non-hydrogen) atoms. The van der Waals surface area contributed by atoms with E-state index in [9.17, 15) is 29.4 Å². The van der Waals surface area contributed by atoms with Gasteiger partial charge in [-0.25, -0.2) is 0 Å². The molecule has 2 amide bonds. The van der Waals surface area contributed by atoms with Gasteiger partial charge in [0.25, 0.3) is 0 Å². The molecule has 14 heteroatoms. The molecule has 4 saturated heterocycles. The molecular weight excluding hydrogens is 935 g/mol. The topological polar surface area (TPSA) is 177 Å². The molecule has 13 nitrogen and oxygen atoms in total. The number of ether oxygens (including phenoxy) is 6. The molecule has 0 aromatic carbocycles. The number of hydrogen-bond donors (Lipinski definition) is 2. The Hall–Kier alpha value is -3.53. The molecule has 0 radical (unpaired) electrons. The fourth-order valence-electron chi connectivity index (χ4n) is 16.6. The van der Waals surface area contributed by atoms with E-state index in [-0.39, 0.29) is 96.9 Å². The van der Waals surface area contributed by atoms with E-state index in [0.29, 0.717) is 42.3 Å². The first-order valence-corrected chi connectivity index (χ1v) is 28.5. The maximum Gasteiger partial charge on any atom is 0.316 e. The molecule has 17 atom stereocenters. The predicted molar refractivity (Wildman–Crippen MR) is 268 cm³/mol. The largest absolute Gasteiger partial charge is 0.490 e. The number of aliphatic hydroxyl groups is 2. The number of fused-ring (bicyclic) bond motifs is 5. The normalized spacial score (nSPS) is 45.2. The smallest absolute Gasteiger partial charge is 0.316 e. The molecule has 2 spiro atoms. The summed E-state index contributed by atoms with van der Waals surface area (Å²) < 4.78 is 38.6. The summed E-state index contributed by atoms with van der Waals surface area (Å²) in [6.45, 7) is 20.3. The lowest BCUT2D eigenvalue weighted by molar-refractivity contribution is -0.169. The molecule has 390 valence electrons. The molecule has 0 bridgehead atoms. The molecular formula is C58H75NO12S. The number of nitrogens with zero attached hydrogens (tertiary/aromatic N) is 1. The van der Waals surface area contributed by atoms with Crippen molar-refractivity contribution >= 4 is 35.5 Å². The highest BCUT2D eigenvalue weighted by Crippen LogP contribution is 2.83. The Bertz CT molecular complexity index is 2490. The van der Waals surface area contributed by atoms with Crippen molar-refractivity contribution in [2.75, 3.05) is 18.9 Å².